The standard InChI is InChI=1S/C22H24F3N3O5/c1-14-11-27(12-15(2)32-14)21(30)28(13-16-7-9-17(10-8-16)20(29)26-31)18-5-3-4-6-19(18)33-22(23,24)25/h3-10,14-15,31H,11-13H2,1-2H3,(H,26,29). The van der Waals surface area contributed by atoms with Crippen LogP contribution in [0.1, 0.15) is 29.8 Å². The minimum absolute atomic E-state index is 0.0520. The number of ether oxygens (including phenoxy) is 2. The molecule has 3 rings (SSSR count). The Kier molecular flexibility index (Phi) is 7.44. The third-order valence-corrected chi connectivity index (χ3v) is 4.96. The lowest BCUT2D eigenvalue weighted by molar-refractivity contribution is -0.274. The number of alkyl halides is 3. The molecule has 2 aromatic carbocycles. The maximum atomic E-state index is 13.5. The topological polar surface area (TPSA) is 91.3 Å². The Bertz CT molecular complexity index is 974. The van der Waals surface area contributed by atoms with E-state index in [0.29, 0.717) is 5.56 Å². The van der Waals surface area contributed by atoms with Crippen molar-refractivity contribution in [1.82, 2.24) is 10.4 Å². The molecule has 1 fully saturated rings. The zero-order valence-electron chi connectivity index (χ0n) is 18.0. The lowest BCUT2D eigenvalue weighted by atomic mass is 10.1. The molecular formula is C22H24F3N3O5. The number of carbonyl (C=O) groups is 2. The number of nitrogens with one attached hydrogen (secondary N) is 1. The van der Waals surface area contributed by atoms with E-state index in [0.717, 1.165) is 6.07 Å². The SMILES string of the molecule is CC1CN(C(=O)N(Cc2ccc(C(=O)NO)cc2)c2ccccc2OC(F)(F)F)CC(C)O1. The first-order chi connectivity index (χ1) is 15.6. The highest BCUT2D eigenvalue weighted by Gasteiger charge is 2.35. The number of morpholine rings is 1. The molecule has 0 aromatic heterocycles. The van der Waals surface area contributed by atoms with E-state index in [2.05, 4.69) is 4.74 Å². The lowest BCUT2D eigenvalue weighted by Gasteiger charge is -2.38. The molecule has 0 aliphatic carbocycles. The van der Waals surface area contributed by atoms with Gasteiger partial charge in [-0.05, 0) is 43.7 Å². The van der Waals surface area contributed by atoms with Crippen molar-refractivity contribution in [1.29, 1.82) is 0 Å². The molecule has 1 saturated heterocycles. The van der Waals surface area contributed by atoms with Crippen LogP contribution >= 0.6 is 0 Å². The molecule has 0 spiro atoms. The van der Waals surface area contributed by atoms with Crippen molar-refractivity contribution < 1.29 is 37.4 Å². The highest BCUT2D eigenvalue weighted by molar-refractivity contribution is 5.94. The molecule has 0 bridgehead atoms. The van der Waals surface area contributed by atoms with Gasteiger partial charge in [0, 0.05) is 18.7 Å². The summed E-state index contributed by atoms with van der Waals surface area (Å²) < 4.78 is 48.9. The molecule has 178 valence electrons. The lowest BCUT2D eigenvalue weighted by Crippen LogP contribution is -2.53. The average Bonchev–Trinajstić information content (AvgIpc) is 2.76. The van der Waals surface area contributed by atoms with Crippen LogP contribution in [0.25, 0.3) is 0 Å². The summed E-state index contributed by atoms with van der Waals surface area (Å²) in [6.45, 7) is 4.09. The second-order valence-corrected chi connectivity index (χ2v) is 7.68. The minimum atomic E-state index is -4.94. The number of hydrogen-bond acceptors (Lipinski definition) is 5. The largest absolute Gasteiger partial charge is 0.573 e. The van der Waals surface area contributed by atoms with E-state index in [1.54, 1.807) is 12.1 Å². The van der Waals surface area contributed by atoms with Gasteiger partial charge in [0.25, 0.3) is 5.91 Å². The molecule has 1 heterocycles. The molecule has 2 aromatic rings. The van der Waals surface area contributed by atoms with Gasteiger partial charge in [0.15, 0.2) is 5.75 Å². The third kappa shape index (κ3) is 6.36. The third-order valence-electron chi connectivity index (χ3n) is 4.96. The monoisotopic (exact) mass is 467 g/mol. The zero-order chi connectivity index (χ0) is 24.2. The van der Waals surface area contributed by atoms with Crippen LogP contribution < -0.4 is 15.1 Å². The number of nitrogens with zero attached hydrogens (tertiary/aromatic N) is 2. The summed E-state index contributed by atoms with van der Waals surface area (Å²) in [6, 6.07) is 10.9. The molecule has 3 amide bonds. The van der Waals surface area contributed by atoms with Gasteiger partial charge < -0.3 is 14.4 Å². The van der Waals surface area contributed by atoms with E-state index in [1.807, 2.05) is 13.8 Å². The first-order valence-corrected chi connectivity index (χ1v) is 10.2. The molecule has 11 heteroatoms. The number of amides is 3. The fraction of sp³-hybridized carbons (Fsp3) is 0.364. The van der Waals surface area contributed by atoms with E-state index >= 15 is 0 Å². The summed E-state index contributed by atoms with van der Waals surface area (Å²) in [5, 5.41) is 8.76. The van der Waals surface area contributed by atoms with Crippen LogP contribution in [-0.2, 0) is 11.3 Å². The predicted molar refractivity (Wildman–Crippen MR) is 112 cm³/mol. The van der Waals surface area contributed by atoms with Crippen LogP contribution in [0.15, 0.2) is 48.5 Å². The number of anilines is 1. The van der Waals surface area contributed by atoms with Gasteiger partial charge in [-0.1, -0.05) is 24.3 Å². The smallest absolute Gasteiger partial charge is 0.404 e. The Morgan fingerprint density at radius 2 is 1.73 bits per heavy atom. The highest BCUT2D eigenvalue weighted by atomic mass is 19.4. The molecule has 2 unspecified atom stereocenters. The van der Waals surface area contributed by atoms with Gasteiger partial charge in [0.1, 0.15) is 0 Å². The van der Waals surface area contributed by atoms with Crippen LogP contribution in [0, 0.1) is 0 Å². The average molecular weight is 467 g/mol. The Morgan fingerprint density at radius 3 is 2.30 bits per heavy atom. The maximum Gasteiger partial charge on any atom is 0.573 e. The first kappa shape index (κ1) is 24.3. The van der Waals surface area contributed by atoms with Gasteiger partial charge in [-0.25, -0.2) is 10.3 Å². The van der Waals surface area contributed by atoms with E-state index in [-0.39, 0.29) is 43.1 Å². The van der Waals surface area contributed by atoms with Gasteiger partial charge in [0.2, 0.25) is 0 Å². The molecule has 1 aliphatic heterocycles. The Hall–Kier alpha value is -3.31. The minimum Gasteiger partial charge on any atom is -0.404 e. The maximum absolute atomic E-state index is 13.5. The van der Waals surface area contributed by atoms with Crippen molar-refractivity contribution in [3.05, 3.63) is 59.7 Å². The fourth-order valence-corrected chi connectivity index (χ4v) is 3.66. The molecule has 2 atom stereocenters. The van der Waals surface area contributed by atoms with Crippen molar-refractivity contribution in [3.63, 3.8) is 0 Å². The Balaban J connectivity index is 1.97. The van der Waals surface area contributed by atoms with Crippen LogP contribution in [0.2, 0.25) is 0 Å². The summed E-state index contributed by atoms with van der Waals surface area (Å²) >= 11 is 0. The van der Waals surface area contributed by atoms with E-state index < -0.39 is 24.1 Å². The van der Waals surface area contributed by atoms with Crippen LogP contribution in [0.4, 0.5) is 23.7 Å². The second-order valence-electron chi connectivity index (χ2n) is 7.68. The summed E-state index contributed by atoms with van der Waals surface area (Å²) in [7, 11) is 0. The number of carbonyl (C=O) groups excluding carboxylic acids is 2. The quantitative estimate of drug-likeness (QED) is 0.514. The summed E-state index contributed by atoms with van der Waals surface area (Å²) in [5.74, 6) is -1.22. The van der Waals surface area contributed by atoms with Crippen LogP contribution in [0.5, 0.6) is 5.75 Å². The number of benzene rings is 2. The number of para-hydroxylation sites is 2. The van der Waals surface area contributed by atoms with E-state index in [9.17, 15) is 22.8 Å². The number of urea groups is 1. The van der Waals surface area contributed by atoms with Gasteiger partial charge in [-0.2, -0.15) is 0 Å². The second kappa shape index (κ2) is 10.1. The molecule has 1 aliphatic rings. The zero-order valence-corrected chi connectivity index (χ0v) is 18.0. The van der Waals surface area contributed by atoms with Gasteiger partial charge in [0.05, 0.1) is 24.4 Å². The molecule has 2 N–H and O–H groups in total. The number of hydrogen-bond donors (Lipinski definition) is 2. The van der Waals surface area contributed by atoms with Crippen LogP contribution in [0.3, 0.4) is 0 Å². The van der Waals surface area contributed by atoms with Gasteiger partial charge in [-0.15, -0.1) is 13.2 Å². The number of rotatable bonds is 5. The normalized spacial score (nSPS) is 18.5. The first-order valence-electron chi connectivity index (χ1n) is 10.2. The fourth-order valence-electron chi connectivity index (χ4n) is 3.66. The number of halogens is 3. The molecule has 0 saturated carbocycles. The number of hydroxylamine groups is 1. The van der Waals surface area contributed by atoms with Crippen LogP contribution in [-0.4, -0.2) is 53.7 Å². The van der Waals surface area contributed by atoms with Crippen molar-refractivity contribution in [2.45, 2.75) is 39.0 Å². The predicted octanol–water partition coefficient (Wildman–Crippen LogP) is 3.94. The van der Waals surface area contributed by atoms with Crippen molar-refractivity contribution >= 4 is 17.6 Å². The van der Waals surface area contributed by atoms with Crippen molar-refractivity contribution in [2.75, 3.05) is 18.0 Å². The summed E-state index contributed by atoms with van der Waals surface area (Å²) in [6.07, 6.45) is -5.42. The van der Waals surface area contributed by atoms with E-state index in [4.69, 9.17) is 9.94 Å². The van der Waals surface area contributed by atoms with Crippen molar-refractivity contribution in [2.24, 2.45) is 0 Å². The molecule has 33 heavy (non-hydrogen) atoms. The van der Waals surface area contributed by atoms with Gasteiger partial charge in [-0.3, -0.25) is 14.9 Å². The Morgan fingerprint density at radius 1 is 1.12 bits per heavy atom. The van der Waals surface area contributed by atoms with Gasteiger partial charge >= 0.3 is 12.4 Å². The summed E-state index contributed by atoms with van der Waals surface area (Å²) in [5.41, 5.74) is 2.20. The summed E-state index contributed by atoms with van der Waals surface area (Å²) in [4.78, 5) is 27.8. The molecule has 8 nitrogen and oxygen atoms in total. The van der Waals surface area contributed by atoms with Crippen molar-refractivity contribution in [3.8, 4) is 5.75 Å². The molecular weight excluding hydrogens is 443 g/mol. The van der Waals surface area contributed by atoms with E-state index in [1.165, 1.54) is 45.6 Å². The highest BCUT2D eigenvalue weighted by Crippen LogP contribution is 2.34. The molecule has 0 radical (unpaired) electrons. The Labute approximate surface area is 188 Å².